The Hall–Kier alpha value is -1.98. The Morgan fingerprint density at radius 3 is 2.68 bits per heavy atom. The molecule has 0 radical (unpaired) electrons. The minimum atomic E-state index is -1.02. The highest BCUT2D eigenvalue weighted by atomic mass is 35.5. The summed E-state index contributed by atoms with van der Waals surface area (Å²) < 4.78 is 11.4. The Labute approximate surface area is 137 Å². The van der Waals surface area contributed by atoms with Crippen LogP contribution in [0.3, 0.4) is 0 Å². The highest BCUT2D eigenvalue weighted by Gasteiger charge is 2.16. The first-order valence-electron chi connectivity index (χ1n) is 6.57. The van der Waals surface area contributed by atoms with Crippen molar-refractivity contribution < 1.29 is 19.4 Å². The van der Waals surface area contributed by atoms with Crippen LogP contribution < -0.4 is 9.47 Å². The molecule has 0 amide bonds. The highest BCUT2D eigenvalue weighted by molar-refractivity contribution is 7.17. The normalized spacial score (nSPS) is 11.3. The van der Waals surface area contributed by atoms with E-state index >= 15 is 0 Å². The number of para-hydroxylation sites is 1. The van der Waals surface area contributed by atoms with Crippen LogP contribution in [0.2, 0.25) is 4.34 Å². The van der Waals surface area contributed by atoms with Gasteiger partial charge in [0.25, 0.3) is 0 Å². The van der Waals surface area contributed by atoms with E-state index in [-0.39, 0.29) is 5.57 Å². The maximum absolute atomic E-state index is 11.6. The Balaban J connectivity index is 2.55. The van der Waals surface area contributed by atoms with Gasteiger partial charge in [0, 0.05) is 10.4 Å². The van der Waals surface area contributed by atoms with Crippen LogP contribution in [0.15, 0.2) is 30.3 Å². The molecule has 1 aromatic heterocycles. The van der Waals surface area contributed by atoms with Gasteiger partial charge in [0.1, 0.15) is 0 Å². The molecule has 0 atom stereocenters. The number of methoxy groups -OCH3 is 1. The molecule has 0 aliphatic heterocycles. The lowest BCUT2D eigenvalue weighted by Crippen LogP contribution is -2.00. The van der Waals surface area contributed by atoms with Gasteiger partial charge >= 0.3 is 5.97 Å². The minimum Gasteiger partial charge on any atom is -0.493 e. The molecule has 0 unspecified atom stereocenters. The third-order valence-corrected chi connectivity index (χ3v) is 4.15. The number of benzene rings is 1. The summed E-state index contributed by atoms with van der Waals surface area (Å²) in [7, 11) is 1.54. The minimum absolute atomic E-state index is 0.158. The molecule has 2 rings (SSSR count). The zero-order chi connectivity index (χ0) is 16.1. The van der Waals surface area contributed by atoms with E-state index in [0.29, 0.717) is 32.9 Å². The molecule has 1 aromatic carbocycles. The van der Waals surface area contributed by atoms with Crippen LogP contribution in [0, 0.1) is 0 Å². The molecule has 4 nitrogen and oxygen atoms in total. The van der Waals surface area contributed by atoms with Gasteiger partial charge in [0.05, 0.1) is 23.6 Å². The summed E-state index contributed by atoms with van der Waals surface area (Å²) in [6.45, 7) is 2.31. The molecule has 0 aliphatic rings. The van der Waals surface area contributed by atoms with Crippen molar-refractivity contribution in [3.05, 3.63) is 45.1 Å². The van der Waals surface area contributed by atoms with Gasteiger partial charge in [0.15, 0.2) is 11.5 Å². The lowest BCUT2D eigenvalue weighted by atomic mass is 10.1. The van der Waals surface area contributed by atoms with E-state index in [9.17, 15) is 9.90 Å². The van der Waals surface area contributed by atoms with Crippen molar-refractivity contribution in [2.45, 2.75) is 6.92 Å². The first-order chi connectivity index (χ1) is 10.6. The van der Waals surface area contributed by atoms with E-state index in [1.54, 1.807) is 43.5 Å². The predicted octanol–water partition coefficient (Wildman–Crippen LogP) is 4.43. The predicted molar refractivity (Wildman–Crippen MR) is 89.0 cm³/mol. The maximum atomic E-state index is 11.6. The second-order valence-electron chi connectivity index (χ2n) is 4.28. The average molecular weight is 339 g/mol. The molecule has 6 heteroatoms. The fourth-order valence-electron chi connectivity index (χ4n) is 1.96. The zero-order valence-corrected chi connectivity index (χ0v) is 13.7. The molecule has 116 valence electrons. The van der Waals surface area contributed by atoms with Crippen LogP contribution in [-0.2, 0) is 4.79 Å². The number of halogens is 1. The number of hydrogen-bond acceptors (Lipinski definition) is 4. The highest BCUT2D eigenvalue weighted by Crippen LogP contribution is 2.35. The summed E-state index contributed by atoms with van der Waals surface area (Å²) >= 11 is 7.11. The smallest absolute Gasteiger partial charge is 0.337 e. The van der Waals surface area contributed by atoms with Gasteiger partial charge in [-0.2, -0.15) is 0 Å². The first-order valence-corrected chi connectivity index (χ1v) is 7.76. The van der Waals surface area contributed by atoms with Crippen molar-refractivity contribution in [3.8, 4) is 11.5 Å². The van der Waals surface area contributed by atoms with Gasteiger partial charge in [-0.3, -0.25) is 0 Å². The Morgan fingerprint density at radius 2 is 2.14 bits per heavy atom. The number of rotatable bonds is 6. The van der Waals surface area contributed by atoms with Gasteiger partial charge in [-0.05, 0) is 31.2 Å². The summed E-state index contributed by atoms with van der Waals surface area (Å²) in [6, 6.07) is 8.70. The number of carboxylic acid groups (broad SMARTS) is 1. The fraction of sp³-hybridized carbons (Fsp3) is 0.188. The summed E-state index contributed by atoms with van der Waals surface area (Å²) in [5.41, 5.74) is 0.800. The van der Waals surface area contributed by atoms with Crippen molar-refractivity contribution in [1.82, 2.24) is 0 Å². The Morgan fingerprint density at radius 1 is 1.36 bits per heavy atom. The number of hydrogen-bond donors (Lipinski definition) is 1. The van der Waals surface area contributed by atoms with Gasteiger partial charge in [-0.25, -0.2) is 4.79 Å². The summed E-state index contributed by atoms with van der Waals surface area (Å²) in [6.07, 6.45) is 1.57. The second-order valence-corrected chi connectivity index (χ2v) is 5.99. The van der Waals surface area contributed by atoms with Crippen LogP contribution in [0.1, 0.15) is 17.4 Å². The van der Waals surface area contributed by atoms with E-state index < -0.39 is 5.97 Å². The van der Waals surface area contributed by atoms with E-state index in [4.69, 9.17) is 21.1 Å². The third kappa shape index (κ3) is 3.61. The summed E-state index contributed by atoms with van der Waals surface area (Å²) in [5.74, 6) is 0.0576. The molecular weight excluding hydrogens is 324 g/mol. The van der Waals surface area contributed by atoms with Gasteiger partial charge in [0.2, 0.25) is 0 Å². The number of thiophene rings is 1. The second kappa shape index (κ2) is 7.33. The lowest BCUT2D eigenvalue weighted by molar-refractivity contribution is -0.130. The van der Waals surface area contributed by atoms with E-state index in [1.165, 1.54) is 11.3 Å². The third-order valence-electron chi connectivity index (χ3n) is 2.89. The molecule has 0 bridgehead atoms. The molecule has 0 fully saturated rings. The number of ether oxygens (including phenoxy) is 2. The van der Waals surface area contributed by atoms with E-state index in [2.05, 4.69) is 0 Å². The van der Waals surface area contributed by atoms with Crippen molar-refractivity contribution in [1.29, 1.82) is 0 Å². The quantitative estimate of drug-likeness (QED) is 0.791. The monoisotopic (exact) mass is 338 g/mol. The van der Waals surface area contributed by atoms with Crippen molar-refractivity contribution >= 4 is 40.6 Å². The van der Waals surface area contributed by atoms with Crippen molar-refractivity contribution in [3.63, 3.8) is 0 Å². The van der Waals surface area contributed by atoms with Crippen LogP contribution in [0.25, 0.3) is 11.6 Å². The molecule has 0 saturated carbocycles. The number of carboxylic acids is 1. The summed E-state index contributed by atoms with van der Waals surface area (Å²) in [4.78, 5) is 12.1. The average Bonchev–Trinajstić information content (AvgIpc) is 2.92. The first kappa shape index (κ1) is 16.4. The summed E-state index contributed by atoms with van der Waals surface area (Å²) in [5, 5.41) is 9.47. The molecule has 1 N–H and O–H groups in total. The van der Waals surface area contributed by atoms with Crippen LogP contribution in [-0.4, -0.2) is 24.8 Å². The Kier molecular flexibility index (Phi) is 5.46. The SMILES string of the molecule is CCOc1c(/C=C(\C(=O)O)c2ccc(Cl)s2)cccc1OC. The molecule has 22 heavy (non-hydrogen) atoms. The molecule has 0 spiro atoms. The largest absolute Gasteiger partial charge is 0.493 e. The molecule has 0 saturated heterocycles. The van der Waals surface area contributed by atoms with Crippen LogP contribution in [0.4, 0.5) is 0 Å². The fourth-order valence-corrected chi connectivity index (χ4v) is 3.01. The lowest BCUT2D eigenvalue weighted by Gasteiger charge is -2.12. The van der Waals surface area contributed by atoms with Crippen LogP contribution in [0.5, 0.6) is 11.5 Å². The number of carbonyl (C=O) groups is 1. The van der Waals surface area contributed by atoms with Crippen LogP contribution >= 0.6 is 22.9 Å². The standard InChI is InChI=1S/C16H15ClO4S/c1-3-21-15-10(5-4-6-12(15)20-2)9-11(16(18)19)13-7-8-14(17)22-13/h4-9H,3H2,1-2H3,(H,18,19)/b11-9-. The number of aliphatic carboxylic acids is 1. The maximum Gasteiger partial charge on any atom is 0.337 e. The van der Waals surface area contributed by atoms with Gasteiger partial charge < -0.3 is 14.6 Å². The molecule has 1 heterocycles. The molecule has 2 aromatic rings. The van der Waals surface area contributed by atoms with Gasteiger partial charge in [-0.1, -0.05) is 23.7 Å². The van der Waals surface area contributed by atoms with Crippen molar-refractivity contribution in [2.75, 3.05) is 13.7 Å². The zero-order valence-electron chi connectivity index (χ0n) is 12.1. The van der Waals surface area contributed by atoms with Crippen molar-refractivity contribution in [2.24, 2.45) is 0 Å². The topological polar surface area (TPSA) is 55.8 Å². The van der Waals surface area contributed by atoms with E-state index in [1.807, 2.05) is 6.92 Å². The molecular formula is C16H15ClO4S. The van der Waals surface area contributed by atoms with E-state index in [0.717, 1.165) is 0 Å². The Bertz CT molecular complexity index is 706. The molecule has 0 aliphatic carbocycles. The van der Waals surface area contributed by atoms with Gasteiger partial charge in [-0.15, -0.1) is 11.3 Å².